The number of fused-ring (bicyclic) bond motifs is 3. The van der Waals surface area contributed by atoms with E-state index in [1.54, 1.807) is 0 Å². The number of ether oxygens (including phenoxy) is 1. The van der Waals surface area contributed by atoms with Gasteiger partial charge >= 0.3 is 0 Å². The van der Waals surface area contributed by atoms with Gasteiger partial charge in [-0.15, -0.1) is 0 Å². The highest BCUT2D eigenvalue weighted by Gasteiger charge is 2.65. The second-order valence-electron chi connectivity index (χ2n) is 9.64. The van der Waals surface area contributed by atoms with Crippen molar-refractivity contribution in [2.24, 2.45) is 0 Å². The number of rotatable bonds is 6. The topological polar surface area (TPSA) is 56.2 Å². The second kappa shape index (κ2) is 7.17. The normalized spacial score (nSPS) is 22.5. The molecule has 1 N–H and O–H groups in total. The molecule has 2 aromatic carbocycles. The third kappa shape index (κ3) is 3.31. The molecule has 1 saturated carbocycles. The van der Waals surface area contributed by atoms with E-state index in [-0.39, 0.29) is 11.8 Å². The maximum Gasteiger partial charge on any atom is 0.235 e. The van der Waals surface area contributed by atoms with Gasteiger partial charge in [-0.25, -0.2) is 4.68 Å². The number of nitrogens with one attached hydrogen (secondary N) is 1. The monoisotopic (exact) mass is 531 g/mol. The molecule has 30 heavy (non-hydrogen) atoms. The van der Waals surface area contributed by atoms with Crippen LogP contribution in [0.25, 0.3) is 10.9 Å². The van der Waals surface area contributed by atoms with Gasteiger partial charge in [-0.1, -0.05) is 43.9 Å². The molecule has 0 bridgehead atoms. The first-order chi connectivity index (χ1) is 14.3. The molecular weight excluding hydrogens is 505 g/mol. The van der Waals surface area contributed by atoms with Crippen molar-refractivity contribution in [3.05, 3.63) is 57.3 Å². The number of hydrogen-bond acceptors (Lipinski definition) is 3. The van der Waals surface area contributed by atoms with E-state index in [1.165, 1.54) is 5.56 Å². The molecule has 1 aliphatic heterocycles. The summed E-state index contributed by atoms with van der Waals surface area (Å²) in [7, 11) is -1.11. The Hall–Kier alpha value is -1.71. The van der Waals surface area contributed by atoms with E-state index < -0.39 is 13.5 Å². The first-order valence-corrected chi connectivity index (χ1v) is 15.2. The van der Waals surface area contributed by atoms with Crippen LogP contribution in [-0.4, -0.2) is 30.4 Å². The Morgan fingerprint density at radius 3 is 2.87 bits per heavy atom. The van der Waals surface area contributed by atoms with Crippen molar-refractivity contribution in [1.82, 2.24) is 9.78 Å². The van der Waals surface area contributed by atoms with Crippen LogP contribution in [0.15, 0.2) is 42.5 Å². The first kappa shape index (κ1) is 20.2. The summed E-state index contributed by atoms with van der Waals surface area (Å²) in [6, 6.07) is 15.7. The predicted molar refractivity (Wildman–Crippen MR) is 131 cm³/mol. The van der Waals surface area contributed by atoms with Crippen LogP contribution in [0.5, 0.6) is 0 Å². The molecule has 2 aliphatic rings. The zero-order valence-electron chi connectivity index (χ0n) is 17.5. The van der Waals surface area contributed by atoms with Crippen LogP contribution in [0.4, 0.5) is 5.69 Å². The standard InChI is InChI=1S/C23H26IN3O2Si/c1-30(2,3)11-10-29-14-27-20-12-15(8-9-16(20)21(24)26-27)18-13-23(18)17-6-4-5-7-19(17)25-22(23)28/h4-9,12,18H,10-11,13-14H2,1-3H3,(H,25,28)/t18?,23-/m0/s1. The maximum atomic E-state index is 12.8. The van der Waals surface area contributed by atoms with Gasteiger partial charge in [-0.05, 0) is 64.4 Å². The zero-order valence-corrected chi connectivity index (χ0v) is 20.7. The lowest BCUT2D eigenvalue weighted by Gasteiger charge is -2.15. The van der Waals surface area contributed by atoms with Gasteiger partial charge in [0, 0.05) is 31.7 Å². The van der Waals surface area contributed by atoms with Crippen molar-refractivity contribution in [2.75, 3.05) is 11.9 Å². The van der Waals surface area contributed by atoms with Gasteiger partial charge in [0.15, 0.2) is 0 Å². The minimum atomic E-state index is -1.11. The highest BCUT2D eigenvalue weighted by atomic mass is 127. The Balaban J connectivity index is 1.42. The van der Waals surface area contributed by atoms with E-state index in [4.69, 9.17) is 9.84 Å². The Morgan fingerprint density at radius 2 is 2.07 bits per heavy atom. The van der Waals surface area contributed by atoms with Crippen molar-refractivity contribution in [3.8, 4) is 0 Å². The SMILES string of the molecule is C[Si](C)(C)CCOCn1nc(I)c2ccc(C3C[C@@]34C(=O)Nc3ccccc34)cc21. The fourth-order valence-electron chi connectivity index (χ4n) is 4.55. The summed E-state index contributed by atoms with van der Waals surface area (Å²) in [5.74, 6) is 0.339. The van der Waals surface area contributed by atoms with Gasteiger partial charge in [0.25, 0.3) is 0 Å². The van der Waals surface area contributed by atoms with Crippen LogP contribution in [0.3, 0.4) is 0 Å². The number of anilines is 1. The summed E-state index contributed by atoms with van der Waals surface area (Å²) >= 11 is 2.29. The molecule has 0 radical (unpaired) electrons. The molecule has 5 nitrogen and oxygen atoms in total. The van der Waals surface area contributed by atoms with E-state index in [1.807, 2.05) is 22.9 Å². The second-order valence-corrected chi connectivity index (χ2v) is 16.3. The van der Waals surface area contributed by atoms with Crippen LogP contribution in [0, 0.1) is 3.70 Å². The van der Waals surface area contributed by atoms with Gasteiger partial charge < -0.3 is 10.1 Å². The number of para-hydroxylation sites is 1. The largest absolute Gasteiger partial charge is 0.360 e. The van der Waals surface area contributed by atoms with E-state index in [0.717, 1.165) is 44.9 Å². The van der Waals surface area contributed by atoms with E-state index in [9.17, 15) is 4.79 Å². The minimum absolute atomic E-state index is 0.131. The van der Waals surface area contributed by atoms with Gasteiger partial charge in [-0.3, -0.25) is 4.79 Å². The lowest BCUT2D eigenvalue weighted by molar-refractivity contribution is -0.118. The van der Waals surface area contributed by atoms with Gasteiger partial charge in [0.05, 0.1) is 10.9 Å². The number of amides is 1. The Bertz CT molecular complexity index is 1150. The van der Waals surface area contributed by atoms with Crippen LogP contribution >= 0.6 is 22.6 Å². The van der Waals surface area contributed by atoms with Crippen molar-refractivity contribution in [2.45, 2.75) is 50.2 Å². The summed E-state index contributed by atoms with van der Waals surface area (Å²) in [5, 5.41) is 8.91. The third-order valence-electron chi connectivity index (χ3n) is 6.36. The molecule has 156 valence electrons. The number of halogens is 1. The molecule has 1 amide bonds. The summed E-state index contributed by atoms with van der Waals surface area (Å²) in [4.78, 5) is 12.8. The van der Waals surface area contributed by atoms with Crippen molar-refractivity contribution >= 4 is 53.2 Å². The Morgan fingerprint density at radius 1 is 1.27 bits per heavy atom. The smallest absolute Gasteiger partial charge is 0.235 e. The number of carbonyl (C=O) groups is 1. The number of hydrogen-bond donors (Lipinski definition) is 1. The fraction of sp³-hybridized carbons (Fsp3) is 0.391. The molecule has 2 heterocycles. The molecule has 1 aliphatic carbocycles. The molecule has 1 unspecified atom stereocenters. The van der Waals surface area contributed by atoms with E-state index in [2.05, 4.69) is 71.8 Å². The van der Waals surface area contributed by atoms with Crippen LogP contribution in [0.1, 0.15) is 23.5 Å². The molecule has 0 saturated heterocycles. The summed E-state index contributed by atoms with van der Waals surface area (Å²) in [6.45, 7) is 8.32. The van der Waals surface area contributed by atoms with Gasteiger partial charge in [0.1, 0.15) is 10.4 Å². The number of aromatic nitrogens is 2. The Kier molecular flexibility index (Phi) is 4.83. The van der Waals surface area contributed by atoms with Crippen LogP contribution in [0.2, 0.25) is 25.7 Å². The molecule has 5 rings (SSSR count). The minimum Gasteiger partial charge on any atom is -0.360 e. The lowest BCUT2D eigenvalue weighted by Crippen LogP contribution is -2.22. The highest BCUT2D eigenvalue weighted by molar-refractivity contribution is 14.1. The predicted octanol–water partition coefficient (Wildman–Crippen LogP) is 5.33. The number of carbonyl (C=O) groups excluding carboxylic acids is 1. The molecule has 1 fully saturated rings. The fourth-order valence-corrected chi connectivity index (χ4v) is 6.02. The van der Waals surface area contributed by atoms with Crippen molar-refractivity contribution < 1.29 is 9.53 Å². The van der Waals surface area contributed by atoms with Crippen LogP contribution in [-0.2, 0) is 21.7 Å². The first-order valence-electron chi connectivity index (χ1n) is 10.4. The van der Waals surface area contributed by atoms with E-state index in [0.29, 0.717) is 6.73 Å². The zero-order chi connectivity index (χ0) is 21.1. The molecule has 2 atom stereocenters. The summed E-state index contributed by atoms with van der Waals surface area (Å²) in [6.07, 6.45) is 0.860. The molecule has 1 aromatic heterocycles. The summed E-state index contributed by atoms with van der Waals surface area (Å²) in [5.41, 5.74) is 3.97. The van der Waals surface area contributed by atoms with Crippen molar-refractivity contribution in [3.63, 3.8) is 0 Å². The molecule has 1 spiro atoms. The summed E-state index contributed by atoms with van der Waals surface area (Å²) < 4.78 is 8.90. The van der Waals surface area contributed by atoms with Gasteiger partial charge in [-0.2, -0.15) is 5.10 Å². The quantitative estimate of drug-likeness (QED) is 0.266. The average molecular weight is 531 g/mol. The molecular formula is C23H26IN3O2Si. The number of benzene rings is 2. The lowest BCUT2D eigenvalue weighted by atomic mass is 9.92. The highest BCUT2D eigenvalue weighted by Crippen LogP contribution is 2.65. The number of nitrogens with zero attached hydrogens (tertiary/aromatic N) is 2. The van der Waals surface area contributed by atoms with Crippen molar-refractivity contribution in [1.29, 1.82) is 0 Å². The van der Waals surface area contributed by atoms with E-state index >= 15 is 0 Å². The van der Waals surface area contributed by atoms with Gasteiger partial charge in [0.2, 0.25) is 5.91 Å². The molecule has 3 aromatic rings. The van der Waals surface area contributed by atoms with Crippen LogP contribution < -0.4 is 5.32 Å². The maximum absolute atomic E-state index is 12.8. The third-order valence-corrected chi connectivity index (χ3v) is 8.87. The molecule has 7 heteroatoms. The average Bonchev–Trinajstić information content (AvgIpc) is 3.29. The Labute approximate surface area is 191 Å².